The predicted molar refractivity (Wildman–Crippen MR) is 76.2 cm³/mol. The molecule has 0 saturated heterocycles. The molecule has 19 heavy (non-hydrogen) atoms. The van der Waals surface area contributed by atoms with Gasteiger partial charge in [-0.15, -0.1) is 0 Å². The van der Waals surface area contributed by atoms with Crippen LogP contribution in [0.3, 0.4) is 0 Å². The standard InChI is InChI=1S/C14H11BrClFO2/c1-19-12-4-2-3-10(13(12)17)14(18)9-6-5-8(15)7-11(9)16/h2-7,14,18H,1H3. The largest absolute Gasteiger partial charge is 0.494 e. The van der Waals surface area contributed by atoms with E-state index in [1.54, 1.807) is 24.3 Å². The number of halogens is 3. The summed E-state index contributed by atoms with van der Waals surface area (Å²) in [6.07, 6.45) is -1.14. The van der Waals surface area contributed by atoms with Gasteiger partial charge in [0, 0.05) is 20.6 Å². The topological polar surface area (TPSA) is 29.5 Å². The van der Waals surface area contributed by atoms with Crippen LogP contribution in [0.1, 0.15) is 17.2 Å². The third-order valence-corrected chi connectivity index (χ3v) is 3.59. The number of benzene rings is 2. The summed E-state index contributed by atoms with van der Waals surface area (Å²) in [6.45, 7) is 0. The van der Waals surface area contributed by atoms with Crippen molar-refractivity contribution >= 4 is 27.5 Å². The highest BCUT2D eigenvalue weighted by Crippen LogP contribution is 2.33. The lowest BCUT2D eigenvalue weighted by Gasteiger charge is -2.15. The maximum atomic E-state index is 14.1. The van der Waals surface area contributed by atoms with Gasteiger partial charge in [-0.25, -0.2) is 4.39 Å². The van der Waals surface area contributed by atoms with Crippen LogP contribution in [0.25, 0.3) is 0 Å². The fourth-order valence-electron chi connectivity index (χ4n) is 1.79. The first kappa shape index (κ1) is 14.3. The molecule has 0 fully saturated rings. The SMILES string of the molecule is COc1cccc(C(O)c2ccc(Br)cc2Cl)c1F. The molecule has 1 atom stereocenters. The van der Waals surface area contributed by atoms with Gasteiger partial charge in [-0.1, -0.05) is 45.7 Å². The number of ether oxygens (including phenoxy) is 1. The zero-order valence-electron chi connectivity index (χ0n) is 10.0. The molecule has 0 aliphatic heterocycles. The zero-order valence-corrected chi connectivity index (χ0v) is 12.4. The lowest BCUT2D eigenvalue weighted by atomic mass is 10.0. The summed E-state index contributed by atoms with van der Waals surface area (Å²) in [7, 11) is 1.38. The molecule has 1 N–H and O–H groups in total. The fourth-order valence-corrected chi connectivity index (χ4v) is 2.56. The number of hydrogen-bond donors (Lipinski definition) is 1. The van der Waals surface area contributed by atoms with E-state index < -0.39 is 11.9 Å². The highest BCUT2D eigenvalue weighted by Gasteiger charge is 2.20. The minimum absolute atomic E-state index is 0.0878. The summed E-state index contributed by atoms with van der Waals surface area (Å²) in [5, 5.41) is 10.6. The second kappa shape index (κ2) is 5.90. The lowest BCUT2D eigenvalue weighted by molar-refractivity contribution is 0.213. The number of aliphatic hydroxyl groups excluding tert-OH is 1. The Hall–Kier alpha value is -1.10. The van der Waals surface area contributed by atoms with Gasteiger partial charge in [-0.3, -0.25) is 0 Å². The van der Waals surface area contributed by atoms with E-state index in [0.717, 1.165) is 4.47 Å². The van der Waals surface area contributed by atoms with E-state index in [2.05, 4.69) is 15.9 Å². The van der Waals surface area contributed by atoms with E-state index in [4.69, 9.17) is 16.3 Å². The van der Waals surface area contributed by atoms with Gasteiger partial charge >= 0.3 is 0 Å². The van der Waals surface area contributed by atoms with Crippen molar-refractivity contribution in [3.05, 3.63) is 62.8 Å². The van der Waals surface area contributed by atoms with Crippen LogP contribution in [0.2, 0.25) is 5.02 Å². The van der Waals surface area contributed by atoms with Crippen LogP contribution in [0, 0.1) is 5.82 Å². The van der Waals surface area contributed by atoms with E-state index in [-0.39, 0.29) is 11.3 Å². The highest BCUT2D eigenvalue weighted by molar-refractivity contribution is 9.10. The van der Waals surface area contributed by atoms with Gasteiger partial charge in [0.1, 0.15) is 6.10 Å². The zero-order chi connectivity index (χ0) is 14.0. The summed E-state index contributed by atoms with van der Waals surface area (Å²) in [5.74, 6) is -0.499. The normalized spacial score (nSPS) is 12.3. The Bertz CT molecular complexity index is 604. The second-order valence-electron chi connectivity index (χ2n) is 3.93. The van der Waals surface area contributed by atoms with Crippen molar-refractivity contribution in [2.24, 2.45) is 0 Å². The minimum Gasteiger partial charge on any atom is -0.494 e. The lowest BCUT2D eigenvalue weighted by Crippen LogP contribution is -2.04. The molecule has 2 nitrogen and oxygen atoms in total. The molecule has 0 saturated carbocycles. The molecule has 0 heterocycles. The molecule has 0 radical (unpaired) electrons. The van der Waals surface area contributed by atoms with Gasteiger partial charge in [-0.05, 0) is 18.2 Å². The van der Waals surface area contributed by atoms with Crippen LogP contribution in [0.15, 0.2) is 40.9 Å². The first-order chi connectivity index (χ1) is 9.04. The molecule has 0 aliphatic carbocycles. The van der Waals surface area contributed by atoms with Crippen LogP contribution in [-0.4, -0.2) is 12.2 Å². The molecule has 100 valence electrons. The van der Waals surface area contributed by atoms with E-state index in [1.807, 2.05) is 0 Å². The van der Waals surface area contributed by atoms with Crippen molar-refractivity contribution in [1.82, 2.24) is 0 Å². The van der Waals surface area contributed by atoms with Gasteiger partial charge in [0.05, 0.1) is 7.11 Å². The summed E-state index contributed by atoms with van der Waals surface area (Å²) in [4.78, 5) is 0. The maximum Gasteiger partial charge on any atom is 0.171 e. The summed E-state index contributed by atoms with van der Waals surface area (Å²) < 4.78 is 19.8. The smallest absolute Gasteiger partial charge is 0.171 e. The van der Waals surface area contributed by atoms with Gasteiger partial charge in [0.2, 0.25) is 0 Å². The Morgan fingerprint density at radius 3 is 2.63 bits per heavy atom. The van der Waals surface area contributed by atoms with Gasteiger partial charge in [-0.2, -0.15) is 0 Å². The molecule has 0 aromatic heterocycles. The quantitative estimate of drug-likeness (QED) is 0.897. The van der Waals surface area contributed by atoms with Crippen molar-refractivity contribution in [3.63, 3.8) is 0 Å². The predicted octanol–water partition coefficient (Wildman–Crippen LogP) is 4.33. The third kappa shape index (κ3) is 2.91. The minimum atomic E-state index is -1.14. The number of rotatable bonds is 3. The monoisotopic (exact) mass is 344 g/mol. The molecule has 0 aliphatic rings. The molecule has 0 bridgehead atoms. The molecule has 0 spiro atoms. The van der Waals surface area contributed by atoms with E-state index in [9.17, 15) is 9.50 Å². The van der Waals surface area contributed by atoms with Crippen LogP contribution >= 0.6 is 27.5 Å². The number of aliphatic hydroxyl groups is 1. The number of hydrogen-bond acceptors (Lipinski definition) is 2. The van der Waals surface area contributed by atoms with Crippen molar-refractivity contribution in [2.75, 3.05) is 7.11 Å². The molecular weight excluding hydrogens is 335 g/mol. The summed E-state index contributed by atoms with van der Waals surface area (Å²) in [5.41, 5.74) is 0.570. The van der Waals surface area contributed by atoms with Crippen molar-refractivity contribution in [3.8, 4) is 5.75 Å². The van der Waals surface area contributed by atoms with Crippen LogP contribution in [0.4, 0.5) is 4.39 Å². The van der Waals surface area contributed by atoms with Crippen LogP contribution in [0.5, 0.6) is 5.75 Å². The fraction of sp³-hybridized carbons (Fsp3) is 0.143. The average Bonchev–Trinajstić information content (AvgIpc) is 2.38. The van der Waals surface area contributed by atoms with Gasteiger partial charge in [0.25, 0.3) is 0 Å². The van der Waals surface area contributed by atoms with E-state index in [0.29, 0.717) is 10.6 Å². The maximum absolute atomic E-state index is 14.1. The average molecular weight is 346 g/mol. The Balaban J connectivity index is 2.47. The third-order valence-electron chi connectivity index (χ3n) is 2.76. The van der Waals surface area contributed by atoms with Crippen molar-refractivity contribution in [2.45, 2.75) is 6.10 Å². The second-order valence-corrected chi connectivity index (χ2v) is 5.25. The Kier molecular flexibility index (Phi) is 4.45. The summed E-state index contributed by atoms with van der Waals surface area (Å²) in [6, 6.07) is 9.65. The molecule has 2 aromatic rings. The highest BCUT2D eigenvalue weighted by atomic mass is 79.9. The first-order valence-electron chi connectivity index (χ1n) is 5.50. The first-order valence-corrected chi connectivity index (χ1v) is 6.67. The van der Waals surface area contributed by atoms with Crippen molar-refractivity contribution < 1.29 is 14.2 Å². The summed E-state index contributed by atoms with van der Waals surface area (Å²) >= 11 is 9.34. The molecule has 1 unspecified atom stereocenters. The van der Waals surface area contributed by atoms with E-state index >= 15 is 0 Å². The molecule has 5 heteroatoms. The molecule has 0 amide bonds. The van der Waals surface area contributed by atoms with Crippen LogP contribution in [-0.2, 0) is 0 Å². The molecular formula is C14H11BrClFO2. The Morgan fingerprint density at radius 2 is 2.00 bits per heavy atom. The van der Waals surface area contributed by atoms with Crippen molar-refractivity contribution in [1.29, 1.82) is 0 Å². The van der Waals surface area contributed by atoms with Gasteiger partial charge < -0.3 is 9.84 Å². The molecule has 2 aromatic carbocycles. The Labute approximate surface area is 123 Å². The Morgan fingerprint density at radius 1 is 1.26 bits per heavy atom. The van der Waals surface area contributed by atoms with E-state index in [1.165, 1.54) is 19.2 Å². The van der Waals surface area contributed by atoms with Gasteiger partial charge in [0.15, 0.2) is 11.6 Å². The van der Waals surface area contributed by atoms with Crippen LogP contribution < -0.4 is 4.74 Å². The molecule has 2 rings (SSSR count). The number of methoxy groups -OCH3 is 1.